The molecule has 0 saturated carbocycles. The molecule has 4 atom stereocenters. The first-order valence-electron chi connectivity index (χ1n) is 7.88. The molecule has 18 heavy (non-hydrogen) atoms. The molecule has 3 aliphatic rings. The minimum Gasteiger partial charge on any atom is -0.328 e. The third-order valence-electron chi connectivity index (χ3n) is 5.75. The van der Waals surface area contributed by atoms with Gasteiger partial charge in [-0.1, -0.05) is 6.42 Å². The largest absolute Gasteiger partial charge is 0.328 e. The van der Waals surface area contributed by atoms with Crippen LogP contribution in [-0.2, 0) is 0 Å². The molecule has 0 aromatic rings. The predicted octanol–water partition coefficient (Wildman–Crippen LogP) is 1.81. The summed E-state index contributed by atoms with van der Waals surface area (Å²) in [7, 11) is 2.35. The summed E-state index contributed by atoms with van der Waals surface area (Å²) in [6.45, 7) is 3.61. The Balaban J connectivity index is 1.66. The molecule has 0 spiro atoms. The second-order valence-corrected chi connectivity index (χ2v) is 6.90. The highest BCUT2D eigenvalue weighted by atomic mass is 15.2. The van der Waals surface area contributed by atoms with Gasteiger partial charge in [-0.2, -0.15) is 0 Å². The molecule has 0 aliphatic carbocycles. The number of fused-ring (bicyclic) bond motifs is 2. The highest BCUT2D eigenvalue weighted by Gasteiger charge is 2.40. The topological polar surface area (TPSA) is 32.5 Å². The van der Waals surface area contributed by atoms with E-state index in [0.717, 1.165) is 18.1 Å². The Morgan fingerprint density at radius 2 is 1.61 bits per heavy atom. The monoisotopic (exact) mass is 251 g/mol. The molecule has 3 rings (SSSR count). The third-order valence-corrected chi connectivity index (χ3v) is 5.75. The maximum Gasteiger partial charge on any atom is 0.0128 e. The second kappa shape index (κ2) is 5.10. The number of nitrogens with zero attached hydrogens (tertiary/aromatic N) is 2. The summed E-state index contributed by atoms with van der Waals surface area (Å²) in [5, 5.41) is 0. The molecule has 3 fully saturated rings. The van der Waals surface area contributed by atoms with Crippen LogP contribution in [0, 0.1) is 0 Å². The van der Waals surface area contributed by atoms with E-state index in [4.69, 9.17) is 5.73 Å². The van der Waals surface area contributed by atoms with Crippen LogP contribution >= 0.6 is 0 Å². The van der Waals surface area contributed by atoms with Crippen LogP contribution in [0.1, 0.15) is 51.9 Å². The second-order valence-electron chi connectivity index (χ2n) is 6.90. The molecule has 0 aromatic heterocycles. The fourth-order valence-corrected chi connectivity index (χ4v) is 4.63. The normalized spacial score (nSPS) is 47.2. The van der Waals surface area contributed by atoms with Gasteiger partial charge in [0.25, 0.3) is 0 Å². The Labute approximate surface area is 112 Å². The van der Waals surface area contributed by atoms with Crippen molar-refractivity contribution in [1.82, 2.24) is 9.80 Å². The molecule has 104 valence electrons. The summed E-state index contributed by atoms with van der Waals surface area (Å²) in [6.07, 6.45) is 9.48. The number of nitrogens with two attached hydrogens (primary N) is 1. The van der Waals surface area contributed by atoms with Crippen molar-refractivity contribution in [1.29, 1.82) is 0 Å². The fourth-order valence-electron chi connectivity index (χ4n) is 4.63. The SMILES string of the molecule is CC1CC(N)CCN1C1CC2CCCC(C1)N2C. The van der Waals surface area contributed by atoms with Gasteiger partial charge in [-0.05, 0) is 52.5 Å². The van der Waals surface area contributed by atoms with Gasteiger partial charge in [0.2, 0.25) is 0 Å². The zero-order valence-electron chi connectivity index (χ0n) is 12.0. The lowest BCUT2D eigenvalue weighted by atomic mass is 9.80. The van der Waals surface area contributed by atoms with Crippen molar-refractivity contribution in [2.75, 3.05) is 13.6 Å². The zero-order chi connectivity index (χ0) is 12.7. The van der Waals surface area contributed by atoms with E-state index in [9.17, 15) is 0 Å². The van der Waals surface area contributed by atoms with Crippen molar-refractivity contribution in [3.05, 3.63) is 0 Å². The van der Waals surface area contributed by atoms with Crippen LogP contribution in [0.4, 0.5) is 0 Å². The first-order chi connectivity index (χ1) is 8.65. The molecule has 0 aromatic carbocycles. The molecule has 3 saturated heterocycles. The van der Waals surface area contributed by atoms with Crippen LogP contribution in [0.5, 0.6) is 0 Å². The molecule has 4 unspecified atom stereocenters. The van der Waals surface area contributed by atoms with Gasteiger partial charge in [0.05, 0.1) is 0 Å². The van der Waals surface area contributed by atoms with Crippen LogP contribution in [0.15, 0.2) is 0 Å². The van der Waals surface area contributed by atoms with E-state index in [1.165, 1.54) is 51.5 Å². The van der Waals surface area contributed by atoms with Crippen LogP contribution < -0.4 is 5.73 Å². The molecule has 0 amide bonds. The van der Waals surface area contributed by atoms with E-state index in [0.29, 0.717) is 12.1 Å². The van der Waals surface area contributed by atoms with Crippen LogP contribution in [0.25, 0.3) is 0 Å². The van der Waals surface area contributed by atoms with Crippen molar-refractivity contribution in [2.24, 2.45) is 5.73 Å². The Morgan fingerprint density at radius 3 is 2.22 bits per heavy atom. The highest BCUT2D eigenvalue weighted by molar-refractivity contribution is 4.96. The predicted molar refractivity (Wildman–Crippen MR) is 75.6 cm³/mol. The van der Waals surface area contributed by atoms with Crippen LogP contribution in [-0.4, -0.2) is 53.6 Å². The van der Waals surface area contributed by atoms with Crippen molar-refractivity contribution < 1.29 is 0 Å². The van der Waals surface area contributed by atoms with E-state index < -0.39 is 0 Å². The lowest BCUT2D eigenvalue weighted by Gasteiger charge is -2.52. The van der Waals surface area contributed by atoms with Crippen molar-refractivity contribution in [3.8, 4) is 0 Å². The minimum absolute atomic E-state index is 0.446. The smallest absolute Gasteiger partial charge is 0.0128 e. The standard InChI is InChI=1S/C15H29N3/c1-11-8-12(16)6-7-18(11)15-9-13-4-3-5-14(10-15)17(13)2/h11-15H,3-10,16H2,1-2H3. The van der Waals surface area contributed by atoms with Crippen LogP contribution in [0.2, 0.25) is 0 Å². The Hall–Kier alpha value is -0.120. The molecule has 3 nitrogen and oxygen atoms in total. The van der Waals surface area contributed by atoms with E-state index >= 15 is 0 Å². The Bertz CT molecular complexity index is 279. The van der Waals surface area contributed by atoms with Gasteiger partial charge in [0.1, 0.15) is 0 Å². The molecule has 2 bridgehead atoms. The minimum atomic E-state index is 0.446. The van der Waals surface area contributed by atoms with E-state index in [1.54, 1.807) is 0 Å². The first kappa shape index (κ1) is 12.9. The first-order valence-corrected chi connectivity index (χ1v) is 7.88. The lowest BCUT2D eigenvalue weighted by molar-refractivity contribution is -0.0140. The Morgan fingerprint density at radius 1 is 0.944 bits per heavy atom. The Kier molecular flexibility index (Phi) is 3.65. The summed E-state index contributed by atoms with van der Waals surface area (Å²) in [4.78, 5) is 5.45. The van der Waals surface area contributed by atoms with Crippen molar-refractivity contribution in [3.63, 3.8) is 0 Å². The number of piperidine rings is 3. The van der Waals surface area contributed by atoms with Gasteiger partial charge < -0.3 is 10.6 Å². The molecule has 2 N–H and O–H groups in total. The molecule has 0 radical (unpaired) electrons. The van der Waals surface area contributed by atoms with Crippen molar-refractivity contribution >= 4 is 0 Å². The number of hydrogen-bond acceptors (Lipinski definition) is 3. The maximum absolute atomic E-state index is 6.10. The van der Waals surface area contributed by atoms with Gasteiger partial charge in [0, 0.05) is 36.8 Å². The fraction of sp³-hybridized carbons (Fsp3) is 1.00. The van der Waals surface area contributed by atoms with Crippen molar-refractivity contribution in [2.45, 2.75) is 82.1 Å². The maximum atomic E-state index is 6.10. The van der Waals surface area contributed by atoms with Gasteiger partial charge in [-0.3, -0.25) is 4.90 Å². The van der Waals surface area contributed by atoms with Crippen LogP contribution in [0.3, 0.4) is 0 Å². The van der Waals surface area contributed by atoms with E-state index in [1.807, 2.05) is 0 Å². The summed E-state index contributed by atoms with van der Waals surface area (Å²) in [5.74, 6) is 0. The number of hydrogen-bond donors (Lipinski definition) is 1. The zero-order valence-corrected chi connectivity index (χ0v) is 12.0. The molecular weight excluding hydrogens is 222 g/mol. The highest BCUT2D eigenvalue weighted by Crippen LogP contribution is 2.36. The molecule has 3 aliphatic heterocycles. The summed E-state index contributed by atoms with van der Waals surface area (Å²) >= 11 is 0. The van der Waals surface area contributed by atoms with Gasteiger partial charge in [-0.15, -0.1) is 0 Å². The van der Waals surface area contributed by atoms with Gasteiger partial charge >= 0.3 is 0 Å². The molecule has 3 heterocycles. The molecule has 3 heteroatoms. The third kappa shape index (κ3) is 2.33. The number of likely N-dealkylation sites (tertiary alicyclic amines) is 1. The quantitative estimate of drug-likeness (QED) is 0.771. The summed E-state index contributed by atoms with van der Waals surface area (Å²) in [6, 6.07) is 3.68. The number of rotatable bonds is 1. The average Bonchev–Trinajstić information content (AvgIpc) is 2.29. The van der Waals surface area contributed by atoms with E-state index in [-0.39, 0.29) is 0 Å². The average molecular weight is 251 g/mol. The van der Waals surface area contributed by atoms with E-state index in [2.05, 4.69) is 23.8 Å². The van der Waals surface area contributed by atoms with Gasteiger partial charge in [-0.25, -0.2) is 0 Å². The lowest BCUT2D eigenvalue weighted by Crippen LogP contribution is -2.58. The summed E-state index contributed by atoms with van der Waals surface area (Å²) in [5.41, 5.74) is 6.10. The summed E-state index contributed by atoms with van der Waals surface area (Å²) < 4.78 is 0. The van der Waals surface area contributed by atoms with Gasteiger partial charge in [0.15, 0.2) is 0 Å². The molecular formula is C15H29N3.